The lowest BCUT2D eigenvalue weighted by Crippen LogP contribution is -2.50. The standard InChI is InChI=1S/C13H22N4O3S/c1-9(2)17-8-14-15-13(17)21-7-12(19)16-4-10(3)20-11(5-16)6-18/h8-11,18H,4-7H2,1-3H3. The van der Waals surface area contributed by atoms with Crippen molar-refractivity contribution >= 4 is 17.7 Å². The molecule has 2 atom stereocenters. The molecule has 8 heteroatoms. The molecule has 1 aromatic heterocycles. The largest absolute Gasteiger partial charge is 0.394 e. The molecule has 1 aliphatic rings. The number of morpholine rings is 1. The van der Waals surface area contributed by atoms with Gasteiger partial charge in [-0.05, 0) is 20.8 Å². The molecule has 1 saturated heterocycles. The number of carbonyl (C=O) groups is 1. The zero-order valence-electron chi connectivity index (χ0n) is 12.6. The van der Waals surface area contributed by atoms with Gasteiger partial charge in [0.25, 0.3) is 0 Å². The van der Waals surface area contributed by atoms with E-state index in [1.807, 2.05) is 25.3 Å². The van der Waals surface area contributed by atoms with Gasteiger partial charge in [-0.3, -0.25) is 4.79 Å². The fourth-order valence-corrected chi connectivity index (χ4v) is 3.20. The van der Waals surface area contributed by atoms with E-state index in [2.05, 4.69) is 10.2 Å². The first-order chi connectivity index (χ1) is 10.0. The molecule has 0 aliphatic carbocycles. The van der Waals surface area contributed by atoms with Crippen LogP contribution in [0.2, 0.25) is 0 Å². The second-order valence-corrected chi connectivity index (χ2v) is 6.40. The third kappa shape index (κ3) is 4.18. The van der Waals surface area contributed by atoms with E-state index in [1.54, 1.807) is 11.2 Å². The molecule has 2 rings (SSSR count). The Morgan fingerprint density at radius 3 is 3.00 bits per heavy atom. The zero-order chi connectivity index (χ0) is 15.4. The minimum atomic E-state index is -0.290. The maximum absolute atomic E-state index is 12.3. The summed E-state index contributed by atoms with van der Waals surface area (Å²) in [5, 5.41) is 17.9. The second-order valence-electron chi connectivity index (χ2n) is 5.45. The molecule has 0 radical (unpaired) electrons. The average molecular weight is 314 g/mol. The van der Waals surface area contributed by atoms with Crippen molar-refractivity contribution in [1.29, 1.82) is 0 Å². The smallest absolute Gasteiger partial charge is 0.233 e. The quantitative estimate of drug-likeness (QED) is 0.800. The van der Waals surface area contributed by atoms with Gasteiger partial charge < -0.3 is 19.3 Å². The maximum Gasteiger partial charge on any atom is 0.233 e. The molecule has 1 aromatic rings. The van der Waals surface area contributed by atoms with Crippen LogP contribution in [-0.4, -0.2) is 68.3 Å². The predicted octanol–water partition coefficient (Wildman–Crippen LogP) is 0.559. The topological polar surface area (TPSA) is 80.5 Å². The number of thioether (sulfide) groups is 1. The molecule has 2 unspecified atom stereocenters. The number of hydrogen-bond acceptors (Lipinski definition) is 6. The summed E-state index contributed by atoms with van der Waals surface area (Å²) in [7, 11) is 0. The monoisotopic (exact) mass is 314 g/mol. The molecule has 0 saturated carbocycles. The van der Waals surface area contributed by atoms with Crippen LogP contribution < -0.4 is 0 Å². The normalized spacial score (nSPS) is 22.8. The third-order valence-electron chi connectivity index (χ3n) is 3.30. The van der Waals surface area contributed by atoms with E-state index in [9.17, 15) is 9.90 Å². The van der Waals surface area contributed by atoms with Crippen LogP contribution in [0.3, 0.4) is 0 Å². The highest BCUT2D eigenvalue weighted by atomic mass is 32.2. The van der Waals surface area contributed by atoms with Crippen molar-refractivity contribution in [2.24, 2.45) is 0 Å². The molecule has 1 fully saturated rings. The van der Waals surface area contributed by atoms with Crippen molar-refractivity contribution in [3.63, 3.8) is 0 Å². The molecule has 2 heterocycles. The summed E-state index contributed by atoms with van der Waals surface area (Å²) in [5.74, 6) is 0.350. The summed E-state index contributed by atoms with van der Waals surface area (Å²) >= 11 is 1.39. The molecule has 1 N–H and O–H groups in total. The van der Waals surface area contributed by atoms with E-state index >= 15 is 0 Å². The molecule has 0 bridgehead atoms. The zero-order valence-corrected chi connectivity index (χ0v) is 13.4. The third-order valence-corrected chi connectivity index (χ3v) is 4.25. The number of hydrogen-bond donors (Lipinski definition) is 1. The molecule has 1 amide bonds. The van der Waals surface area contributed by atoms with Crippen LogP contribution in [0, 0.1) is 0 Å². The number of aliphatic hydroxyl groups is 1. The van der Waals surface area contributed by atoms with E-state index in [-0.39, 0.29) is 30.8 Å². The highest BCUT2D eigenvalue weighted by molar-refractivity contribution is 7.99. The van der Waals surface area contributed by atoms with Gasteiger partial charge in [0.1, 0.15) is 6.33 Å². The number of aliphatic hydroxyl groups excluding tert-OH is 1. The highest BCUT2D eigenvalue weighted by Crippen LogP contribution is 2.20. The van der Waals surface area contributed by atoms with Crippen LogP contribution in [0.25, 0.3) is 0 Å². The Morgan fingerprint density at radius 1 is 1.57 bits per heavy atom. The van der Waals surface area contributed by atoms with Gasteiger partial charge in [-0.2, -0.15) is 0 Å². The van der Waals surface area contributed by atoms with Crippen molar-refractivity contribution in [1.82, 2.24) is 19.7 Å². The van der Waals surface area contributed by atoms with Crippen LogP contribution in [0.4, 0.5) is 0 Å². The molecule has 0 aromatic carbocycles. The first-order valence-electron chi connectivity index (χ1n) is 7.07. The van der Waals surface area contributed by atoms with Crippen molar-refractivity contribution < 1.29 is 14.6 Å². The van der Waals surface area contributed by atoms with Crippen molar-refractivity contribution in [2.45, 2.75) is 44.2 Å². The predicted molar refractivity (Wildman–Crippen MR) is 79.1 cm³/mol. The van der Waals surface area contributed by atoms with Crippen LogP contribution in [0.5, 0.6) is 0 Å². The molecular weight excluding hydrogens is 292 g/mol. The summed E-state index contributed by atoms with van der Waals surface area (Å²) in [6.07, 6.45) is 1.34. The van der Waals surface area contributed by atoms with Crippen LogP contribution in [-0.2, 0) is 9.53 Å². The second kappa shape index (κ2) is 7.24. The summed E-state index contributed by atoms with van der Waals surface area (Å²) < 4.78 is 7.48. The Morgan fingerprint density at radius 2 is 2.33 bits per heavy atom. The van der Waals surface area contributed by atoms with Gasteiger partial charge in [-0.25, -0.2) is 0 Å². The average Bonchev–Trinajstić information content (AvgIpc) is 2.92. The van der Waals surface area contributed by atoms with E-state index in [0.717, 1.165) is 5.16 Å². The van der Waals surface area contributed by atoms with Crippen molar-refractivity contribution in [2.75, 3.05) is 25.4 Å². The Labute approximate surface area is 128 Å². The molecule has 21 heavy (non-hydrogen) atoms. The fraction of sp³-hybridized carbons (Fsp3) is 0.769. The fourth-order valence-electron chi connectivity index (χ4n) is 2.26. The van der Waals surface area contributed by atoms with Crippen molar-refractivity contribution in [3.8, 4) is 0 Å². The van der Waals surface area contributed by atoms with Gasteiger partial charge in [0.2, 0.25) is 5.91 Å². The lowest BCUT2D eigenvalue weighted by atomic mass is 10.2. The van der Waals surface area contributed by atoms with Gasteiger partial charge in [-0.1, -0.05) is 11.8 Å². The molecular formula is C13H22N4O3S. The van der Waals surface area contributed by atoms with E-state index in [1.165, 1.54) is 11.8 Å². The number of amides is 1. The van der Waals surface area contributed by atoms with Gasteiger partial charge in [-0.15, -0.1) is 10.2 Å². The van der Waals surface area contributed by atoms with Crippen LogP contribution in [0.1, 0.15) is 26.8 Å². The summed E-state index contributed by atoms with van der Waals surface area (Å²) in [4.78, 5) is 14.0. The Hall–Kier alpha value is -1.12. The van der Waals surface area contributed by atoms with Crippen molar-refractivity contribution in [3.05, 3.63) is 6.33 Å². The maximum atomic E-state index is 12.3. The van der Waals surface area contributed by atoms with Gasteiger partial charge in [0.15, 0.2) is 5.16 Å². The number of rotatable bonds is 5. The number of aromatic nitrogens is 3. The number of carbonyl (C=O) groups excluding carboxylic acids is 1. The first kappa shape index (κ1) is 16.3. The van der Waals surface area contributed by atoms with Gasteiger partial charge in [0, 0.05) is 19.1 Å². The Bertz CT molecular complexity index is 480. The van der Waals surface area contributed by atoms with Crippen LogP contribution >= 0.6 is 11.8 Å². The minimum absolute atomic E-state index is 0.0342. The van der Waals surface area contributed by atoms with E-state index < -0.39 is 0 Å². The van der Waals surface area contributed by atoms with Crippen LogP contribution in [0.15, 0.2) is 11.5 Å². The highest BCUT2D eigenvalue weighted by Gasteiger charge is 2.28. The van der Waals surface area contributed by atoms with E-state index in [4.69, 9.17) is 4.74 Å². The molecule has 0 spiro atoms. The Kier molecular flexibility index (Phi) is 5.60. The lowest BCUT2D eigenvalue weighted by molar-refractivity contribution is -0.144. The minimum Gasteiger partial charge on any atom is -0.394 e. The summed E-state index contributed by atoms with van der Waals surface area (Å²) in [6.45, 7) is 6.94. The lowest BCUT2D eigenvalue weighted by Gasteiger charge is -2.36. The number of ether oxygens (including phenoxy) is 1. The first-order valence-corrected chi connectivity index (χ1v) is 8.06. The number of nitrogens with zero attached hydrogens (tertiary/aromatic N) is 4. The summed E-state index contributed by atoms with van der Waals surface area (Å²) in [6, 6.07) is 0.264. The van der Waals surface area contributed by atoms with Gasteiger partial charge >= 0.3 is 0 Å². The van der Waals surface area contributed by atoms with E-state index in [0.29, 0.717) is 18.8 Å². The SMILES string of the molecule is CC1CN(C(=O)CSc2nncn2C(C)C)CC(CO)O1. The van der Waals surface area contributed by atoms with Gasteiger partial charge in [0.05, 0.1) is 24.6 Å². The Balaban J connectivity index is 1.90. The molecule has 1 aliphatic heterocycles. The molecule has 118 valence electrons. The molecule has 7 nitrogen and oxygen atoms in total. The summed E-state index contributed by atoms with van der Waals surface area (Å²) in [5.41, 5.74) is 0.